The molecule has 1 aliphatic heterocycles. The van der Waals surface area contributed by atoms with Crippen molar-refractivity contribution < 1.29 is 4.79 Å². The van der Waals surface area contributed by atoms with Crippen molar-refractivity contribution in [2.24, 2.45) is 0 Å². The highest BCUT2D eigenvalue weighted by Crippen LogP contribution is 2.45. The zero-order valence-corrected chi connectivity index (χ0v) is 17.4. The van der Waals surface area contributed by atoms with E-state index >= 15 is 0 Å². The third-order valence-electron chi connectivity index (χ3n) is 4.90. The summed E-state index contributed by atoms with van der Waals surface area (Å²) in [7, 11) is 0. The number of fused-ring (bicyclic) bond motifs is 1. The van der Waals surface area contributed by atoms with Crippen LogP contribution in [0.1, 0.15) is 49.7 Å². The van der Waals surface area contributed by atoms with E-state index in [1.165, 1.54) is 11.8 Å². The summed E-state index contributed by atoms with van der Waals surface area (Å²) < 4.78 is 0.886. The quantitative estimate of drug-likeness (QED) is 0.531. The number of aromatic amines is 1. The first kappa shape index (κ1) is 18.5. The van der Waals surface area contributed by atoms with E-state index in [0.717, 1.165) is 40.7 Å². The van der Waals surface area contributed by atoms with Gasteiger partial charge in [0.25, 0.3) is 5.56 Å². The minimum absolute atomic E-state index is 0.110. The Morgan fingerprint density at radius 1 is 1.26 bits per heavy atom. The highest BCUT2D eigenvalue weighted by Gasteiger charge is 2.38. The van der Waals surface area contributed by atoms with Gasteiger partial charge in [0, 0.05) is 33.8 Å². The van der Waals surface area contributed by atoms with Crippen LogP contribution >= 0.6 is 27.7 Å². The molecule has 0 saturated carbocycles. The summed E-state index contributed by atoms with van der Waals surface area (Å²) in [6.45, 7) is 2.09. The maximum absolute atomic E-state index is 13.0. The highest BCUT2D eigenvalue weighted by molar-refractivity contribution is 9.10. The van der Waals surface area contributed by atoms with Crippen LogP contribution in [0, 0.1) is 0 Å². The fraction of sp³-hybridized carbons (Fsp3) is 0.350. The van der Waals surface area contributed by atoms with Crippen LogP contribution in [-0.4, -0.2) is 21.5 Å². The molecule has 0 unspecified atom stereocenters. The molecule has 0 saturated heterocycles. The smallest absolute Gasteiger partial charge is 0.257 e. The zero-order valence-electron chi connectivity index (χ0n) is 15.0. The minimum atomic E-state index is -0.402. The van der Waals surface area contributed by atoms with Crippen molar-refractivity contribution >= 4 is 39.3 Å². The molecule has 2 aliphatic rings. The first-order valence-electron chi connectivity index (χ1n) is 9.14. The lowest BCUT2D eigenvalue weighted by Gasteiger charge is -2.33. The molecular formula is C20H20BrN3O2S. The summed E-state index contributed by atoms with van der Waals surface area (Å²) in [4.78, 5) is 33.4. The summed E-state index contributed by atoms with van der Waals surface area (Å²) >= 11 is 5.14. The number of anilines is 1. The summed E-state index contributed by atoms with van der Waals surface area (Å²) in [5.74, 6) is 1.17. The number of rotatable bonds is 4. The van der Waals surface area contributed by atoms with Crippen molar-refractivity contribution in [1.29, 1.82) is 0 Å². The number of hydrogen-bond donors (Lipinski definition) is 2. The van der Waals surface area contributed by atoms with Crippen molar-refractivity contribution in [2.75, 3.05) is 11.1 Å². The summed E-state index contributed by atoms with van der Waals surface area (Å²) in [6.07, 6.45) is 3.14. The van der Waals surface area contributed by atoms with E-state index in [4.69, 9.17) is 0 Å². The van der Waals surface area contributed by atoms with Gasteiger partial charge in [-0.2, -0.15) is 0 Å². The number of thioether (sulfide) groups is 1. The third-order valence-corrected chi connectivity index (χ3v) is 6.70. The Labute approximate surface area is 170 Å². The molecule has 0 amide bonds. The van der Waals surface area contributed by atoms with Gasteiger partial charge in [-0.25, -0.2) is 4.98 Å². The average Bonchev–Trinajstić information content (AvgIpc) is 2.65. The van der Waals surface area contributed by atoms with Crippen LogP contribution in [0.5, 0.6) is 0 Å². The number of aromatic nitrogens is 2. The van der Waals surface area contributed by atoms with Crippen LogP contribution < -0.4 is 10.9 Å². The molecular weight excluding hydrogens is 426 g/mol. The minimum Gasteiger partial charge on any atom is -0.343 e. The molecule has 1 atom stereocenters. The van der Waals surface area contributed by atoms with E-state index in [9.17, 15) is 9.59 Å². The number of nitrogens with one attached hydrogen (secondary N) is 2. The van der Waals surface area contributed by atoms with Gasteiger partial charge >= 0.3 is 0 Å². The molecule has 2 N–H and O–H groups in total. The van der Waals surface area contributed by atoms with E-state index in [1.54, 1.807) is 0 Å². The Hall–Kier alpha value is -1.86. The molecule has 2 heterocycles. The molecule has 1 aliphatic carbocycles. The molecule has 140 valence electrons. The van der Waals surface area contributed by atoms with Crippen LogP contribution in [0.25, 0.3) is 0 Å². The number of halogens is 1. The lowest BCUT2D eigenvalue weighted by molar-refractivity contribution is -0.116. The molecule has 7 heteroatoms. The molecule has 2 aromatic rings. The molecule has 0 bridgehead atoms. The Balaban J connectivity index is 1.92. The van der Waals surface area contributed by atoms with E-state index < -0.39 is 5.92 Å². The Morgan fingerprint density at radius 2 is 2.07 bits per heavy atom. The first-order chi connectivity index (χ1) is 13.1. The van der Waals surface area contributed by atoms with Crippen LogP contribution in [-0.2, 0) is 4.79 Å². The van der Waals surface area contributed by atoms with Gasteiger partial charge in [0.15, 0.2) is 10.9 Å². The topological polar surface area (TPSA) is 74.8 Å². The Kier molecular flexibility index (Phi) is 5.23. The molecule has 27 heavy (non-hydrogen) atoms. The number of hydrogen-bond acceptors (Lipinski definition) is 5. The lowest BCUT2D eigenvalue weighted by atomic mass is 9.76. The highest BCUT2D eigenvalue weighted by atomic mass is 79.9. The number of carbonyl (C=O) groups excluding carboxylic acids is 1. The standard InChI is InChI=1S/C20H20BrN3O2S/c1-2-10-27-20-23-18-17(19(26)24-20)15(11-6-3-4-7-12(11)21)16-13(22-18)8-5-9-14(16)25/h3-4,6-7,15H,2,5,8-10H2,1H3,(H2,22,23,24,26)/t15-/m0/s1. The van der Waals surface area contributed by atoms with Gasteiger partial charge < -0.3 is 10.3 Å². The van der Waals surface area contributed by atoms with E-state index in [2.05, 4.69) is 38.1 Å². The number of ketones is 1. The summed E-state index contributed by atoms with van der Waals surface area (Å²) in [5.41, 5.74) is 2.88. The Morgan fingerprint density at radius 3 is 2.85 bits per heavy atom. The van der Waals surface area contributed by atoms with Crippen LogP contribution in [0.15, 0.2) is 50.0 Å². The predicted molar refractivity (Wildman–Crippen MR) is 111 cm³/mol. The second kappa shape index (κ2) is 7.64. The van der Waals surface area contributed by atoms with Crippen LogP contribution in [0.4, 0.5) is 5.82 Å². The Bertz CT molecular complexity index is 999. The first-order valence-corrected chi connectivity index (χ1v) is 10.9. The fourth-order valence-corrected chi connectivity index (χ4v) is 4.96. The largest absolute Gasteiger partial charge is 0.343 e. The van der Waals surface area contributed by atoms with Crippen LogP contribution in [0.3, 0.4) is 0 Å². The summed E-state index contributed by atoms with van der Waals surface area (Å²) in [5, 5.41) is 3.92. The number of allylic oxidation sites excluding steroid dienone is 2. The number of Topliss-reactive ketones (excluding diaryl/α,β-unsaturated/α-hetero) is 1. The van der Waals surface area contributed by atoms with Crippen molar-refractivity contribution in [2.45, 2.75) is 43.7 Å². The predicted octanol–water partition coefficient (Wildman–Crippen LogP) is 4.60. The molecule has 1 aromatic carbocycles. The van der Waals surface area contributed by atoms with Gasteiger partial charge in [0.05, 0.1) is 5.56 Å². The van der Waals surface area contributed by atoms with Crippen molar-refractivity contribution in [3.63, 3.8) is 0 Å². The van der Waals surface area contributed by atoms with E-state index in [0.29, 0.717) is 28.5 Å². The molecule has 1 aromatic heterocycles. The second-order valence-corrected chi connectivity index (χ2v) is 8.67. The normalized spacial score (nSPS) is 18.7. The maximum atomic E-state index is 13.0. The van der Waals surface area contributed by atoms with Gasteiger partial charge in [-0.3, -0.25) is 9.59 Å². The van der Waals surface area contributed by atoms with Gasteiger partial charge in [0.1, 0.15) is 5.82 Å². The average molecular weight is 446 g/mol. The lowest BCUT2D eigenvalue weighted by Crippen LogP contribution is -2.32. The molecule has 0 fully saturated rings. The van der Waals surface area contributed by atoms with Crippen molar-refractivity contribution in [3.8, 4) is 0 Å². The SMILES string of the molecule is CCCSc1nc2c(c(=O)[nH]1)[C@@H](c1ccccc1Br)C1=C(CCCC1=O)N2. The third kappa shape index (κ3) is 3.38. The zero-order chi connectivity index (χ0) is 19.0. The van der Waals surface area contributed by atoms with Crippen molar-refractivity contribution in [3.05, 3.63) is 61.5 Å². The second-order valence-electron chi connectivity index (χ2n) is 6.73. The monoisotopic (exact) mass is 445 g/mol. The molecule has 0 spiro atoms. The number of carbonyl (C=O) groups is 1. The van der Waals surface area contributed by atoms with E-state index in [-0.39, 0.29) is 11.3 Å². The number of nitrogens with zero attached hydrogens (tertiary/aromatic N) is 1. The molecule has 5 nitrogen and oxygen atoms in total. The summed E-state index contributed by atoms with van der Waals surface area (Å²) in [6, 6.07) is 7.77. The number of benzene rings is 1. The molecule has 4 rings (SSSR count). The fourth-order valence-electron chi connectivity index (χ4n) is 3.73. The van der Waals surface area contributed by atoms with E-state index in [1.807, 2.05) is 24.3 Å². The van der Waals surface area contributed by atoms with Gasteiger partial charge in [-0.05, 0) is 30.9 Å². The van der Waals surface area contributed by atoms with Crippen molar-refractivity contribution in [1.82, 2.24) is 9.97 Å². The van der Waals surface area contributed by atoms with Gasteiger partial charge in [-0.1, -0.05) is 52.8 Å². The van der Waals surface area contributed by atoms with Gasteiger partial charge in [-0.15, -0.1) is 0 Å². The maximum Gasteiger partial charge on any atom is 0.257 e. The molecule has 0 radical (unpaired) electrons. The van der Waals surface area contributed by atoms with Crippen LogP contribution in [0.2, 0.25) is 0 Å². The van der Waals surface area contributed by atoms with Gasteiger partial charge in [0.2, 0.25) is 0 Å². The number of H-pyrrole nitrogens is 1.